The molecule has 2 N–H and O–H groups in total. The Morgan fingerprint density at radius 1 is 1.32 bits per heavy atom. The summed E-state index contributed by atoms with van der Waals surface area (Å²) in [7, 11) is 0. The molecule has 0 saturated heterocycles. The van der Waals surface area contributed by atoms with Crippen LogP contribution in [0.2, 0.25) is 0 Å². The van der Waals surface area contributed by atoms with E-state index in [9.17, 15) is 15.2 Å². The number of non-ortho nitro benzene ring substituents is 1. The smallest absolute Gasteiger partial charge is 0.269 e. The van der Waals surface area contributed by atoms with E-state index in [4.69, 9.17) is 4.42 Å². The summed E-state index contributed by atoms with van der Waals surface area (Å²) in [6, 6.07) is 6.42. The van der Waals surface area contributed by atoms with Gasteiger partial charge in [-0.25, -0.2) is 0 Å². The molecule has 1 aromatic heterocycles. The first-order valence-electron chi connectivity index (χ1n) is 6.99. The Balaban J connectivity index is 2.15. The minimum absolute atomic E-state index is 0.0520. The van der Waals surface area contributed by atoms with Gasteiger partial charge in [-0.1, -0.05) is 0 Å². The summed E-state index contributed by atoms with van der Waals surface area (Å²) in [5, 5.41) is 24.5. The zero-order valence-electron chi connectivity index (χ0n) is 13.1. The van der Waals surface area contributed by atoms with Crippen LogP contribution in [0, 0.1) is 30.9 Å². The SMILES string of the molecule is Cc1cc(C(C)(O)CNc2ccc([N+](=O)[O-])cc2C)c(C)o1. The first kappa shape index (κ1) is 16.0. The van der Waals surface area contributed by atoms with Crippen LogP contribution in [-0.2, 0) is 5.60 Å². The van der Waals surface area contributed by atoms with Crippen LogP contribution >= 0.6 is 0 Å². The Bertz CT molecular complexity index is 704. The number of nitro benzene ring substituents is 1. The van der Waals surface area contributed by atoms with E-state index >= 15 is 0 Å². The number of aryl methyl sites for hydroxylation is 3. The Morgan fingerprint density at radius 3 is 2.50 bits per heavy atom. The molecule has 0 aliphatic rings. The molecule has 0 saturated carbocycles. The number of hydrogen-bond donors (Lipinski definition) is 2. The maximum absolute atomic E-state index is 10.7. The van der Waals surface area contributed by atoms with E-state index in [0.29, 0.717) is 5.76 Å². The molecule has 0 radical (unpaired) electrons. The number of nitrogens with zero attached hydrogens (tertiary/aromatic N) is 1. The fourth-order valence-corrected chi connectivity index (χ4v) is 2.49. The zero-order valence-corrected chi connectivity index (χ0v) is 13.1. The topological polar surface area (TPSA) is 88.5 Å². The standard InChI is InChI=1S/C16H20N2O4/c1-10-7-13(18(20)21)5-6-15(10)17-9-16(4,19)14-8-11(2)22-12(14)3/h5-8,17,19H,9H2,1-4H3. The fourth-order valence-electron chi connectivity index (χ4n) is 2.49. The van der Waals surface area contributed by atoms with Crippen molar-refractivity contribution in [2.45, 2.75) is 33.3 Å². The highest BCUT2D eigenvalue weighted by Gasteiger charge is 2.27. The molecule has 6 heteroatoms. The first-order valence-corrected chi connectivity index (χ1v) is 6.99. The van der Waals surface area contributed by atoms with Gasteiger partial charge < -0.3 is 14.8 Å². The normalized spacial score (nSPS) is 13.7. The third-order valence-corrected chi connectivity index (χ3v) is 3.67. The van der Waals surface area contributed by atoms with Gasteiger partial charge in [0.15, 0.2) is 0 Å². The second-order valence-corrected chi connectivity index (χ2v) is 5.71. The Morgan fingerprint density at radius 2 is 2.00 bits per heavy atom. The lowest BCUT2D eigenvalue weighted by atomic mass is 9.96. The van der Waals surface area contributed by atoms with Gasteiger partial charge in [0.2, 0.25) is 0 Å². The molecule has 2 rings (SSSR count). The lowest BCUT2D eigenvalue weighted by molar-refractivity contribution is -0.384. The number of rotatable bonds is 5. The van der Waals surface area contributed by atoms with Crippen LogP contribution in [0.25, 0.3) is 0 Å². The predicted octanol–water partition coefficient (Wildman–Crippen LogP) is 3.43. The monoisotopic (exact) mass is 304 g/mol. The second-order valence-electron chi connectivity index (χ2n) is 5.71. The van der Waals surface area contributed by atoms with E-state index in [1.54, 1.807) is 19.9 Å². The van der Waals surface area contributed by atoms with Crippen molar-refractivity contribution >= 4 is 11.4 Å². The number of nitro groups is 1. The molecule has 2 aromatic rings. The van der Waals surface area contributed by atoms with E-state index < -0.39 is 10.5 Å². The molecular formula is C16H20N2O4. The van der Waals surface area contributed by atoms with Crippen LogP contribution in [0.1, 0.15) is 29.6 Å². The molecule has 22 heavy (non-hydrogen) atoms. The molecule has 0 fully saturated rings. The van der Waals surface area contributed by atoms with Gasteiger partial charge in [0.25, 0.3) is 5.69 Å². The summed E-state index contributed by atoms with van der Waals surface area (Å²) < 4.78 is 5.46. The van der Waals surface area contributed by atoms with Crippen molar-refractivity contribution in [1.82, 2.24) is 0 Å². The Labute approximate surface area is 128 Å². The van der Waals surface area contributed by atoms with E-state index in [0.717, 1.165) is 22.6 Å². The predicted molar refractivity (Wildman–Crippen MR) is 84.1 cm³/mol. The quantitative estimate of drug-likeness (QED) is 0.652. The number of nitrogens with one attached hydrogen (secondary N) is 1. The maximum atomic E-state index is 10.7. The van der Waals surface area contributed by atoms with Crippen molar-refractivity contribution in [1.29, 1.82) is 0 Å². The fraction of sp³-hybridized carbons (Fsp3) is 0.375. The molecule has 0 amide bonds. The molecule has 118 valence electrons. The summed E-state index contributed by atoms with van der Waals surface area (Å²) in [5.74, 6) is 1.43. The summed E-state index contributed by atoms with van der Waals surface area (Å²) in [5.41, 5.74) is 1.19. The molecule has 1 unspecified atom stereocenters. The summed E-state index contributed by atoms with van der Waals surface area (Å²) >= 11 is 0. The van der Waals surface area contributed by atoms with Gasteiger partial charge in [0.1, 0.15) is 17.1 Å². The molecule has 6 nitrogen and oxygen atoms in total. The number of hydrogen-bond acceptors (Lipinski definition) is 5. The summed E-state index contributed by atoms with van der Waals surface area (Å²) in [4.78, 5) is 10.3. The van der Waals surface area contributed by atoms with Crippen molar-refractivity contribution in [3.63, 3.8) is 0 Å². The van der Waals surface area contributed by atoms with Crippen LogP contribution in [-0.4, -0.2) is 16.6 Å². The Hall–Kier alpha value is -2.34. The molecule has 0 bridgehead atoms. The molecule has 0 aliphatic carbocycles. The minimum atomic E-state index is -1.10. The largest absolute Gasteiger partial charge is 0.466 e. The second kappa shape index (κ2) is 5.81. The highest BCUT2D eigenvalue weighted by atomic mass is 16.6. The highest BCUT2D eigenvalue weighted by molar-refractivity contribution is 5.55. The van der Waals surface area contributed by atoms with E-state index in [1.165, 1.54) is 12.1 Å². The lowest BCUT2D eigenvalue weighted by Gasteiger charge is -2.24. The Kier molecular flexibility index (Phi) is 4.23. The molecule has 0 aliphatic heterocycles. The molecule has 0 spiro atoms. The highest BCUT2D eigenvalue weighted by Crippen LogP contribution is 2.28. The van der Waals surface area contributed by atoms with Gasteiger partial charge in [-0.15, -0.1) is 0 Å². The first-order chi connectivity index (χ1) is 10.2. The van der Waals surface area contributed by atoms with Crippen LogP contribution in [0.5, 0.6) is 0 Å². The molecule has 1 atom stereocenters. The van der Waals surface area contributed by atoms with Gasteiger partial charge in [-0.2, -0.15) is 0 Å². The van der Waals surface area contributed by atoms with E-state index in [2.05, 4.69) is 5.32 Å². The third-order valence-electron chi connectivity index (χ3n) is 3.67. The minimum Gasteiger partial charge on any atom is -0.466 e. The van der Waals surface area contributed by atoms with Crippen molar-refractivity contribution in [3.05, 3.63) is 57.0 Å². The van der Waals surface area contributed by atoms with Crippen LogP contribution in [0.3, 0.4) is 0 Å². The average Bonchev–Trinajstić information content (AvgIpc) is 2.77. The van der Waals surface area contributed by atoms with Gasteiger partial charge in [0.05, 0.1) is 4.92 Å². The molecule has 1 aromatic carbocycles. The third kappa shape index (κ3) is 3.28. The molecular weight excluding hydrogens is 284 g/mol. The number of furan rings is 1. The van der Waals surface area contributed by atoms with Crippen LogP contribution < -0.4 is 5.32 Å². The van der Waals surface area contributed by atoms with Crippen molar-refractivity contribution < 1.29 is 14.4 Å². The van der Waals surface area contributed by atoms with E-state index in [-0.39, 0.29) is 12.2 Å². The van der Waals surface area contributed by atoms with Gasteiger partial charge in [-0.3, -0.25) is 10.1 Å². The maximum Gasteiger partial charge on any atom is 0.269 e. The zero-order chi connectivity index (χ0) is 16.5. The van der Waals surface area contributed by atoms with Crippen LogP contribution in [0.15, 0.2) is 28.7 Å². The van der Waals surface area contributed by atoms with Gasteiger partial charge in [-0.05, 0) is 45.4 Å². The summed E-state index contributed by atoms with van der Waals surface area (Å²) in [6.07, 6.45) is 0. The number of anilines is 1. The van der Waals surface area contributed by atoms with Crippen molar-refractivity contribution in [3.8, 4) is 0 Å². The number of aliphatic hydroxyl groups is 1. The lowest BCUT2D eigenvalue weighted by Crippen LogP contribution is -2.31. The van der Waals surface area contributed by atoms with Gasteiger partial charge in [0, 0.05) is 29.9 Å². The van der Waals surface area contributed by atoms with Crippen molar-refractivity contribution in [2.75, 3.05) is 11.9 Å². The number of benzene rings is 1. The van der Waals surface area contributed by atoms with Crippen LogP contribution in [0.4, 0.5) is 11.4 Å². The summed E-state index contributed by atoms with van der Waals surface area (Å²) in [6.45, 7) is 7.41. The van der Waals surface area contributed by atoms with Crippen molar-refractivity contribution in [2.24, 2.45) is 0 Å². The van der Waals surface area contributed by atoms with Gasteiger partial charge >= 0.3 is 0 Å². The average molecular weight is 304 g/mol. The van der Waals surface area contributed by atoms with E-state index in [1.807, 2.05) is 19.9 Å². The molecule has 1 heterocycles.